The number of amides is 1. The van der Waals surface area contributed by atoms with Gasteiger partial charge in [-0.3, -0.25) is 4.79 Å². The quantitative estimate of drug-likeness (QED) is 0.758. The van der Waals surface area contributed by atoms with Crippen LogP contribution in [0.15, 0.2) is 24.3 Å². The maximum atomic E-state index is 11.7. The van der Waals surface area contributed by atoms with Crippen molar-refractivity contribution in [1.29, 1.82) is 0 Å². The molecule has 1 aromatic carbocycles. The van der Waals surface area contributed by atoms with Crippen molar-refractivity contribution < 1.29 is 4.79 Å². The Labute approximate surface area is 127 Å². The van der Waals surface area contributed by atoms with Gasteiger partial charge < -0.3 is 16.0 Å². The average molecular weight is 289 g/mol. The molecule has 0 radical (unpaired) electrons. The summed E-state index contributed by atoms with van der Waals surface area (Å²) >= 11 is 0. The van der Waals surface area contributed by atoms with E-state index in [-0.39, 0.29) is 5.91 Å². The second-order valence-electron chi connectivity index (χ2n) is 5.76. The van der Waals surface area contributed by atoms with E-state index >= 15 is 0 Å². The van der Waals surface area contributed by atoms with Gasteiger partial charge in [0.15, 0.2) is 0 Å². The van der Waals surface area contributed by atoms with E-state index in [1.807, 2.05) is 24.3 Å². The third-order valence-corrected chi connectivity index (χ3v) is 4.23. The number of hydrogen-bond donors (Lipinski definition) is 2. The molecule has 0 unspecified atom stereocenters. The van der Waals surface area contributed by atoms with Crippen molar-refractivity contribution in [3.8, 4) is 0 Å². The van der Waals surface area contributed by atoms with Crippen molar-refractivity contribution in [2.75, 3.05) is 24.5 Å². The van der Waals surface area contributed by atoms with Gasteiger partial charge in [-0.05, 0) is 44.5 Å². The van der Waals surface area contributed by atoms with Gasteiger partial charge in [-0.1, -0.05) is 31.9 Å². The monoisotopic (exact) mass is 289 g/mol. The molecule has 1 amide bonds. The molecule has 0 atom stereocenters. The zero-order valence-corrected chi connectivity index (χ0v) is 13.0. The first-order chi connectivity index (χ1) is 10.2. The van der Waals surface area contributed by atoms with Crippen molar-refractivity contribution in [3.63, 3.8) is 0 Å². The number of primary amides is 1. The molecule has 1 fully saturated rings. The van der Waals surface area contributed by atoms with E-state index in [4.69, 9.17) is 5.73 Å². The molecule has 3 N–H and O–H groups in total. The summed E-state index contributed by atoms with van der Waals surface area (Å²) in [4.78, 5) is 14.1. The van der Waals surface area contributed by atoms with Crippen molar-refractivity contribution in [1.82, 2.24) is 5.32 Å². The van der Waals surface area contributed by atoms with Crippen LogP contribution >= 0.6 is 0 Å². The van der Waals surface area contributed by atoms with Gasteiger partial charge in [0.25, 0.3) is 5.91 Å². The van der Waals surface area contributed by atoms with Crippen molar-refractivity contribution in [2.24, 2.45) is 5.73 Å². The Morgan fingerprint density at radius 3 is 2.67 bits per heavy atom. The third-order valence-electron chi connectivity index (χ3n) is 4.23. The zero-order valence-electron chi connectivity index (χ0n) is 13.0. The molecule has 0 aliphatic carbocycles. The van der Waals surface area contributed by atoms with Gasteiger partial charge in [0, 0.05) is 18.3 Å². The molecule has 0 aromatic heterocycles. The molecule has 0 bridgehead atoms. The number of rotatable bonds is 7. The van der Waals surface area contributed by atoms with Gasteiger partial charge in [0.05, 0.1) is 5.56 Å². The van der Waals surface area contributed by atoms with E-state index < -0.39 is 0 Å². The van der Waals surface area contributed by atoms with E-state index in [0.29, 0.717) is 11.6 Å². The van der Waals surface area contributed by atoms with Crippen LogP contribution < -0.4 is 16.0 Å². The molecule has 116 valence electrons. The van der Waals surface area contributed by atoms with Gasteiger partial charge in [-0.2, -0.15) is 0 Å². The lowest BCUT2D eigenvalue weighted by Gasteiger charge is -2.37. The maximum absolute atomic E-state index is 11.7. The fourth-order valence-corrected chi connectivity index (χ4v) is 3.08. The van der Waals surface area contributed by atoms with E-state index in [1.165, 1.54) is 12.8 Å². The molecule has 1 saturated heterocycles. The number of piperidine rings is 1. The Hall–Kier alpha value is -1.55. The van der Waals surface area contributed by atoms with E-state index in [1.54, 1.807) is 0 Å². The minimum Gasteiger partial charge on any atom is -0.368 e. The Morgan fingerprint density at radius 2 is 2.00 bits per heavy atom. The Morgan fingerprint density at radius 1 is 1.29 bits per heavy atom. The minimum absolute atomic E-state index is 0.333. The summed E-state index contributed by atoms with van der Waals surface area (Å²) in [6.07, 6.45) is 5.84. The maximum Gasteiger partial charge on any atom is 0.250 e. The predicted molar refractivity (Wildman–Crippen MR) is 87.7 cm³/mol. The number of nitrogens with zero attached hydrogens (tertiary/aromatic N) is 1. The van der Waals surface area contributed by atoms with Crippen LogP contribution in [0.25, 0.3) is 0 Å². The largest absolute Gasteiger partial charge is 0.368 e. The van der Waals surface area contributed by atoms with Gasteiger partial charge in [-0.15, -0.1) is 0 Å². The molecular weight excluding hydrogens is 262 g/mol. The number of carbonyl (C=O) groups excluding carboxylic acids is 1. The Kier molecular flexibility index (Phi) is 6.05. The van der Waals surface area contributed by atoms with Crippen molar-refractivity contribution in [2.45, 2.75) is 45.1 Å². The van der Waals surface area contributed by atoms with Crippen LogP contribution in [0.2, 0.25) is 0 Å². The molecule has 1 aromatic rings. The topological polar surface area (TPSA) is 58.4 Å². The van der Waals surface area contributed by atoms with Gasteiger partial charge in [-0.25, -0.2) is 0 Å². The van der Waals surface area contributed by atoms with Crippen LogP contribution in [0, 0.1) is 0 Å². The lowest BCUT2D eigenvalue weighted by Crippen LogP contribution is -2.44. The van der Waals surface area contributed by atoms with Crippen LogP contribution in [0.5, 0.6) is 0 Å². The molecule has 21 heavy (non-hydrogen) atoms. The number of hydrogen-bond acceptors (Lipinski definition) is 3. The fraction of sp³-hybridized carbons (Fsp3) is 0.588. The molecule has 1 aliphatic heterocycles. The molecular formula is C17H27N3O. The van der Waals surface area contributed by atoms with Crippen molar-refractivity contribution >= 4 is 11.6 Å². The second kappa shape index (κ2) is 8.03. The highest BCUT2D eigenvalue weighted by Crippen LogP contribution is 2.26. The number of para-hydroxylation sites is 1. The Bertz CT molecular complexity index is 455. The number of anilines is 1. The lowest BCUT2D eigenvalue weighted by atomic mass is 10.0. The fourth-order valence-electron chi connectivity index (χ4n) is 3.08. The van der Waals surface area contributed by atoms with Gasteiger partial charge in [0.1, 0.15) is 0 Å². The van der Waals surface area contributed by atoms with Crippen LogP contribution in [-0.2, 0) is 0 Å². The third kappa shape index (κ3) is 4.21. The summed E-state index contributed by atoms with van der Waals surface area (Å²) in [7, 11) is 0. The summed E-state index contributed by atoms with van der Waals surface area (Å²) in [5.41, 5.74) is 7.21. The molecule has 0 spiro atoms. The van der Waals surface area contributed by atoms with Crippen LogP contribution in [0.1, 0.15) is 49.4 Å². The first kappa shape index (κ1) is 15.8. The van der Waals surface area contributed by atoms with Crippen LogP contribution in [0.4, 0.5) is 5.69 Å². The number of unbranched alkanes of at least 4 members (excludes halogenated alkanes) is 2. The first-order valence-electron chi connectivity index (χ1n) is 8.10. The van der Waals surface area contributed by atoms with E-state index in [9.17, 15) is 4.79 Å². The van der Waals surface area contributed by atoms with Gasteiger partial charge >= 0.3 is 0 Å². The minimum atomic E-state index is -0.333. The highest BCUT2D eigenvalue weighted by Gasteiger charge is 2.23. The van der Waals surface area contributed by atoms with E-state index in [0.717, 1.165) is 44.6 Å². The number of nitrogens with two attached hydrogens (primary N) is 1. The van der Waals surface area contributed by atoms with E-state index in [2.05, 4.69) is 17.1 Å². The average Bonchev–Trinajstić information content (AvgIpc) is 2.52. The normalized spacial score (nSPS) is 15.9. The highest BCUT2D eigenvalue weighted by atomic mass is 16.1. The summed E-state index contributed by atoms with van der Waals surface area (Å²) in [5.74, 6) is -0.333. The Balaban J connectivity index is 2.22. The zero-order chi connectivity index (χ0) is 15.1. The van der Waals surface area contributed by atoms with Crippen LogP contribution in [-0.4, -0.2) is 31.6 Å². The summed E-state index contributed by atoms with van der Waals surface area (Å²) in [6, 6.07) is 8.26. The van der Waals surface area contributed by atoms with Crippen molar-refractivity contribution in [3.05, 3.63) is 29.8 Å². The molecule has 4 heteroatoms. The van der Waals surface area contributed by atoms with Gasteiger partial charge in [0.2, 0.25) is 0 Å². The SMILES string of the molecule is CCCCCN(c1ccccc1C(N)=O)C1CCNCC1. The molecule has 2 rings (SSSR count). The molecule has 4 nitrogen and oxygen atoms in total. The number of benzene rings is 1. The summed E-state index contributed by atoms with van der Waals surface area (Å²) in [6.45, 7) is 5.32. The standard InChI is InChI=1S/C17H27N3O/c1-2-3-6-13-20(14-9-11-19-12-10-14)16-8-5-4-7-15(16)17(18)21/h4-5,7-8,14,19H,2-3,6,9-13H2,1H3,(H2,18,21). The first-order valence-corrected chi connectivity index (χ1v) is 8.10. The number of carbonyl (C=O) groups is 1. The lowest BCUT2D eigenvalue weighted by molar-refractivity contribution is 0.100. The second-order valence-corrected chi connectivity index (χ2v) is 5.76. The number of nitrogens with one attached hydrogen (secondary N) is 1. The van der Waals surface area contributed by atoms with Crippen LogP contribution in [0.3, 0.4) is 0 Å². The molecule has 1 heterocycles. The predicted octanol–water partition coefficient (Wildman–Crippen LogP) is 2.53. The summed E-state index contributed by atoms with van der Waals surface area (Å²) < 4.78 is 0. The summed E-state index contributed by atoms with van der Waals surface area (Å²) in [5, 5.41) is 3.41. The smallest absolute Gasteiger partial charge is 0.250 e. The molecule has 1 aliphatic rings. The highest BCUT2D eigenvalue weighted by molar-refractivity contribution is 5.98. The molecule has 0 saturated carbocycles.